The van der Waals surface area contributed by atoms with E-state index in [4.69, 9.17) is 4.52 Å². The highest BCUT2D eigenvalue weighted by molar-refractivity contribution is 7.10. The monoisotopic (exact) mass is 276 g/mol. The molecule has 5 heteroatoms. The van der Waals surface area contributed by atoms with E-state index < -0.39 is 0 Å². The van der Waals surface area contributed by atoms with Gasteiger partial charge in [0, 0.05) is 24.0 Å². The number of carbonyl (C=O) groups excluding carboxylic acids is 1. The third-order valence-corrected chi connectivity index (χ3v) is 4.61. The number of rotatable bonds is 2. The molecule has 0 radical (unpaired) electrons. The third-order valence-electron chi connectivity index (χ3n) is 3.57. The molecule has 0 spiro atoms. The van der Waals surface area contributed by atoms with Gasteiger partial charge in [-0.05, 0) is 37.1 Å². The average Bonchev–Trinajstić information content (AvgIpc) is 3.09. The van der Waals surface area contributed by atoms with Crippen molar-refractivity contribution in [1.29, 1.82) is 0 Å². The van der Waals surface area contributed by atoms with E-state index in [-0.39, 0.29) is 5.91 Å². The van der Waals surface area contributed by atoms with E-state index in [0.717, 1.165) is 25.9 Å². The molecule has 0 bridgehead atoms. The normalized spacial score (nSPS) is 16.8. The summed E-state index contributed by atoms with van der Waals surface area (Å²) in [6, 6.07) is 5.98. The Kier molecular flexibility index (Phi) is 3.38. The van der Waals surface area contributed by atoms with Crippen molar-refractivity contribution in [3.8, 4) is 0 Å². The van der Waals surface area contributed by atoms with Gasteiger partial charge in [-0.1, -0.05) is 11.2 Å². The number of thiophene rings is 1. The maximum Gasteiger partial charge on any atom is 0.276 e. The molecule has 3 rings (SSSR count). The maximum atomic E-state index is 12.2. The van der Waals surface area contributed by atoms with Gasteiger partial charge in [0.05, 0.1) is 0 Å². The standard InChI is InChI=1S/C14H16N2O2S/c1-10-9-12(15-18-10)14(17)16-6-4-11(5-7-16)13-3-2-8-19-13/h2-3,8-9,11H,4-7H2,1H3. The van der Waals surface area contributed by atoms with Gasteiger partial charge in [-0.2, -0.15) is 0 Å². The Morgan fingerprint density at radius 3 is 2.84 bits per heavy atom. The molecule has 2 aromatic heterocycles. The molecular weight excluding hydrogens is 260 g/mol. The molecule has 0 aliphatic carbocycles. The summed E-state index contributed by atoms with van der Waals surface area (Å²) in [6.07, 6.45) is 2.06. The van der Waals surface area contributed by atoms with Crippen molar-refractivity contribution in [2.45, 2.75) is 25.7 Å². The molecule has 2 aromatic rings. The second-order valence-electron chi connectivity index (χ2n) is 4.90. The van der Waals surface area contributed by atoms with Gasteiger partial charge >= 0.3 is 0 Å². The van der Waals surface area contributed by atoms with E-state index in [2.05, 4.69) is 22.7 Å². The Morgan fingerprint density at radius 1 is 1.47 bits per heavy atom. The minimum atomic E-state index is -0.0125. The lowest BCUT2D eigenvalue weighted by molar-refractivity contribution is 0.0703. The van der Waals surface area contributed by atoms with Crippen LogP contribution in [0.15, 0.2) is 28.1 Å². The predicted octanol–water partition coefficient (Wildman–Crippen LogP) is 3.06. The number of piperidine rings is 1. The van der Waals surface area contributed by atoms with Crippen molar-refractivity contribution in [3.63, 3.8) is 0 Å². The Balaban J connectivity index is 1.62. The van der Waals surface area contributed by atoms with E-state index >= 15 is 0 Å². The molecule has 100 valence electrons. The first-order valence-electron chi connectivity index (χ1n) is 6.50. The predicted molar refractivity (Wildman–Crippen MR) is 73.4 cm³/mol. The van der Waals surface area contributed by atoms with Crippen LogP contribution in [0.3, 0.4) is 0 Å². The lowest BCUT2D eigenvalue weighted by Crippen LogP contribution is -2.37. The Morgan fingerprint density at radius 2 is 2.26 bits per heavy atom. The van der Waals surface area contributed by atoms with Crippen molar-refractivity contribution in [3.05, 3.63) is 39.9 Å². The fraction of sp³-hybridized carbons (Fsp3) is 0.429. The molecule has 0 unspecified atom stereocenters. The number of hydrogen-bond donors (Lipinski definition) is 0. The van der Waals surface area contributed by atoms with E-state index in [9.17, 15) is 4.79 Å². The summed E-state index contributed by atoms with van der Waals surface area (Å²) in [7, 11) is 0. The molecule has 1 saturated heterocycles. The Hall–Kier alpha value is -1.62. The van der Waals surface area contributed by atoms with Gasteiger partial charge in [0.15, 0.2) is 5.69 Å². The molecule has 1 fully saturated rings. The molecule has 4 nitrogen and oxygen atoms in total. The SMILES string of the molecule is Cc1cc(C(=O)N2CCC(c3cccs3)CC2)no1. The zero-order valence-electron chi connectivity index (χ0n) is 10.8. The Bertz CT molecular complexity index is 554. The fourth-order valence-corrected chi connectivity index (χ4v) is 3.42. The van der Waals surface area contributed by atoms with Gasteiger partial charge < -0.3 is 9.42 Å². The zero-order chi connectivity index (χ0) is 13.2. The summed E-state index contributed by atoms with van der Waals surface area (Å²) >= 11 is 1.81. The third kappa shape index (κ3) is 2.56. The van der Waals surface area contributed by atoms with Crippen molar-refractivity contribution in [2.75, 3.05) is 13.1 Å². The zero-order valence-corrected chi connectivity index (χ0v) is 11.7. The quantitative estimate of drug-likeness (QED) is 0.847. The van der Waals surface area contributed by atoms with Crippen LogP contribution in [0.1, 0.15) is 39.9 Å². The minimum absolute atomic E-state index is 0.0125. The van der Waals surface area contributed by atoms with Gasteiger partial charge in [0.2, 0.25) is 0 Å². The van der Waals surface area contributed by atoms with Gasteiger partial charge in [0.1, 0.15) is 5.76 Å². The topological polar surface area (TPSA) is 46.3 Å². The smallest absolute Gasteiger partial charge is 0.276 e. The number of carbonyl (C=O) groups is 1. The van der Waals surface area contributed by atoms with Crippen molar-refractivity contribution >= 4 is 17.2 Å². The Labute approximate surface area is 116 Å². The fourth-order valence-electron chi connectivity index (χ4n) is 2.52. The van der Waals surface area contributed by atoms with Gasteiger partial charge in [0.25, 0.3) is 5.91 Å². The molecule has 0 saturated carbocycles. The van der Waals surface area contributed by atoms with E-state index in [0.29, 0.717) is 17.4 Å². The van der Waals surface area contributed by atoms with Crippen LogP contribution < -0.4 is 0 Å². The highest BCUT2D eigenvalue weighted by Crippen LogP contribution is 2.31. The number of hydrogen-bond acceptors (Lipinski definition) is 4. The molecule has 19 heavy (non-hydrogen) atoms. The number of amides is 1. The van der Waals surface area contributed by atoms with Crippen LogP contribution in [0.5, 0.6) is 0 Å². The van der Waals surface area contributed by atoms with Gasteiger partial charge in [-0.25, -0.2) is 0 Å². The summed E-state index contributed by atoms with van der Waals surface area (Å²) in [4.78, 5) is 15.5. The largest absolute Gasteiger partial charge is 0.361 e. The maximum absolute atomic E-state index is 12.2. The van der Waals surface area contributed by atoms with Crippen LogP contribution in [0.4, 0.5) is 0 Å². The molecule has 1 amide bonds. The van der Waals surface area contributed by atoms with Crippen molar-refractivity contribution < 1.29 is 9.32 Å². The second-order valence-corrected chi connectivity index (χ2v) is 5.88. The number of aromatic nitrogens is 1. The first kappa shape index (κ1) is 12.4. The van der Waals surface area contributed by atoms with E-state index in [1.807, 2.05) is 16.2 Å². The molecule has 1 aliphatic heterocycles. The molecular formula is C14H16N2O2S. The van der Waals surface area contributed by atoms with Crippen LogP contribution >= 0.6 is 11.3 Å². The van der Waals surface area contributed by atoms with Crippen LogP contribution in [0, 0.1) is 6.92 Å². The van der Waals surface area contributed by atoms with Crippen LogP contribution in [-0.2, 0) is 0 Å². The summed E-state index contributed by atoms with van der Waals surface area (Å²) in [5.74, 6) is 1.27. The highest BCUT2D eigenvalue weighted by atomic mass is 32.1. The summed E-state index contributed by atoms with van der Waals surface area (Å²) in [6.45, 7) is 3.40. The van der Waals surface area contributed by atoms with Crippen LogP contribution in [0.2, 0.25) is 0 Å². The summed E-state index contributed by atoms with van der Waals surface area (Å²) in [5.41, 5.74) is 0.423. The van der Waals surface area contributed by atoms with E-state index in [1.54, 1.807) is 13.0 Å². The molecule has 3 heterocycles. The number of nitrogens with zero attached hydrogens (tertiary/aromatic N) is 2. The van der Waals surface area contributed by atoms with Gasteiger partial charge in [-0.15, -0.1) is 11.3 Å². The average molecular weight is 276 g/mol. The lowest BCUT2D eigenvalue weighted by atomic mass is 9.95. The lowest BCUT2D eigenvalue weighted by Gasteiger charge is -2.31. The molecule has 0 atom stereocenters. The van der Waals surface area contributed by atoms with Crippen molar-refractivity contribution in [1.82, 2.24) is 10.1 Å². The molecule has 0 N–H and O–H groups in total. The number of aryl methyl sites for hydroxylation is 1. The summed E-state index contributed by atoms with van der Waals surface area (Å²) < 4.78 is 4.96. The van der Waals surface area contributed by atoms with Gasteiger partial charge in [-0.3, -0.25) is 4.79 Å². The van der Waals surface area contributed by atoms with Crippen LogP contribution in [0.25, 0.3) is 0 Å². The second kappa shape index (κ2) is 5.17. The number of likely N-dealkylation sites (tertiary alicyclic amines) is 1. The molecule has 0 aromatic carbocycles. The minimum Gasteiger partial charge on any atom is -0.361 e. The van der Waals surface area contributed by atoms with E-state index in [1.165, 1.54) is 4.88 Å². The first-order chi connectivity index (χ1) is 9.24. The first-order valence-corrected chi connectivity index (χ1v) is 7.38. The molecule has 1 aliphatic rings. The summed E-state index contributed by atoms with van der Waals surface area (Å²) in [5, 5.41) is 5.91. The highest BCUT2D eigenvalue weighted by Gasteiger charge is 2.26. The van der Waals surface area contributed by atoms with Crippen molar-refractivity contribution in [2.24, 2.45) is 0 Å². The van der Waals surface area contributed by atoms with Crippen LogP contribution in [-0.4, -0.2) is 29.1 Å².